The number of aromatic nitrogens is 1. The molecule has 0 spiro atoms. The van der Waals surface area contributed by atoms with Gasteiger partial charge in [-0.05, 0) is 17.7 Å². The second-order valence-electron chi connectivity index (χ2n) is 4.22. The molecule has 0 aliphatic carbocycles. The summed E-state index contributed by atoms with van der Waals surface area (Å²) in [5.41, 5.74) is -1.29. The molecule has 20 heavy (non-hydrogen) atoms. The molecule has 1 aromatic carbocycles. The zero-order valence-electron chi connectivity index (χ0n) is 10.3. The van der Waals surface area contributed by atoms with Gasteiger partial charge in [0.1, 0.15) is 0 Å². The van der Waals surface area contributed by atoms with Gasteiger partial charge in [-0.15, -0.1) is 0 Å². The van der Waals surface area contributed by atoms with Crippen molar-refractivity contribution in [1.29, 1.82) is 0 Å². The Morgan fingerprint density at radius 2 is 1.80 bits per heavy atom. The standard InChI is InChI=1S/C14H11F2NO3/c15-14(16,13(19)20)11-7-4-8-17(12(11)18)9-10-5-2-1-3-6-10/h1-8H,9H2,(H,19,20). The predicted octanol–water partition coefficient (Wildman–Crippen LogP) is 2.07. The lowest BCUT2D eigenvalue weighted by atomic mass is 10.1. The average molecular weight is 279 g/mol. The highest BCUT2D eigenvalue weighted by molar-refractivity contribution is 5.77. The van der Waals surface area contributed by atoms with Crippen LogP contribution in [0.3, 0.4) is 0 Å². The third kappa shape index (κ3) is 2.59. The van der Waals surface area contributed by atoms with Gasteiger partial charge in [0.2, 0.25) is 0 Å². The average Bonchev–Trinajstić information content (AvgIpc) is 2.42. The van der Waals surface area contributed by atoms with Crippen LogP contribution in [0.4, 0.5) is 8.78 Å². The minimum atomic E-state index is -4.20. The highest BCUT2D eigenvalue weighted by Gasteiger charge is 2.43. The molecule has 0 saturated heterocycles. The van der Waals surface area contributed by atoms with E-state index in [9.17, 15) is 18.4 Å². The first-order chi connectivity index (χ1) is 9.43. The Morgan fingerprint density at radius 3 is 2.40 bits per heavy atom. The number of carbonyl (C=O) groups is 1. The Balaban J connectivity index is 2.43. The van der Waals surface area contributed by atoms with Crippen LogP contribution in [0.1, 0.15) is 11.1 Å². The van der Waals surface area contributed by atoms with Gasteiger partial charge in [0.15, 0.2) is 0 Å². The molecule has 2 rings (SSSR count). The minimum absolute atomic E-state index is 0.100. The Morgan fingerprint density at radius 1 is 1.15 bits per heavy atom. The topological polar surface area (TPSA) is 59.3 Å². The van der Waals surface area contributed by atoms with Crippen molar-refractivity contribution in [2.24, 2.45) is 0 Å². The summed E-state index contributed by atoms with van der Waals surface area (Å²) in [6.45, 7) is 0.100. The largest absolute Gasteiger partial charge is 0.477 e. The molecule has 1 aromatic heterocycles. The molecule has 6 heteroatoms. The van der Waals surface area contributed by atoms with E-state index in [0.29, 0.717) is 0 Å². The van der Waals surface area contributed by atoms with Gasteiger partial charge in [0.25, 0.3) is 5.56 Å². The lowest BCUT2D eigenvalue weighted by Gasteiger charge is -2.13. The number of halogens is 2. The molecule has 0 saturated carbocycles. The van der Waals surface area contributed by atoms with Gasteiger partial charge in [-0.3, -0.25) is 4.79 Å². The molecule has 0 bridgehead atoms. The van der Waals surface area contributed by atoms with E-state index in [1.54, 1.807) is 30.3 Å². The van der Waals surface area contributed by atoms with Crippen molar-refractivity contribution < 1.29 is 18.7 Å². The zero-order chi connectivity index (χ0) is 14.8. The van der Waals surface area contributed by atoms with Crippen LogP contribution in [0.25, 0.3) is 0 Å². The van der Waals surface area contributed by atoms with E-state index in [0.717, 1.165) is 16.2 Å². The maximum atomic E-state index is 13.4. The summed E-state index contributed by atoms with van der Waals surface area (Å²) in [6.07, 6.45) is 1.34. The van der Waals surface area contributed by atoms with E-state index < -0.39 is 23.0 Å². The van der Waals surface area contributed by atoms with Gasteiger partial charge in [-0.2, -0.15) is 8.78 Å². The summed E-state index contributed by atoms with van der Waals surface area (Å²) < 4.78 is 27.9. The van der Waals surface area contributed by atoms with Crippen LogP contribution >= 0.6 is 0 Å². The van der Waals surface area contributed by atoms with Gasteiger partial charge in [0, 0.05) is 6.20 Å². The summed E-state index contributed by atoms with van der Waals surface area (Å²) >= 11 is 0. The van der Waals surface area contributed by atoms with Crippen molar-refractivity contribution in [3.05, 3.63) is 70.1 Å². The Kier molecular flexibility index (Phi) is 3.65. The smallest absolute Gasteiger partial charge is 0.379 e. The van der Waals surface area contributed by atoms with Crippen molar-refractivity contribution in [2.45, 2.75) is 12.5 Å². The number of alkyl halides is 2. The molecule has 4 nitrogen and oxygen atoms in total. The Hall–Kier alpha value is -2.50. The SMILES string of the molecule is O=C(O)C(F)(F)c1cccn(Cc2ccccc2)c1=O. The number of hydrogen-bond acceptors (Lipinski definition) is 2. The van der Waals surface area contributed by atoms with Crippen molar-refractivity contribution >= 4 is 5.97 Å². The van der Waals surface area contributed by atoms with E-state index in [2.05, 4.69) is 0 Å². The molecule has 104 valence electrons. The van der Waals surface area contributed by atoms with E-state index >= 15 is 0 Å². The van der Waals surface area contributed by atoms with Crippen LogP contribution < -0.4 is 5.56 Å². The maximum Gasteiger partial charge on any atom is 0.379 e. The van der Waals surface area contributed by atoms with Crippen molar-refractivity contribution in [3.8, 4) is 0 Å². The summed E-state index contributed by atoms with van der Waals surface area (Å²) in [7, 11) is 0. The molecular weight excluding hydrogens is 268 g/mol. The quantitative estimate of drug-likeness (QED) is 0.932. The number of aliphatic carboxylic acids is 1. The number of benzene rings is 1. The molecule has 0 atom stereocenters. The first-order valence-electron chi connectivity index (χ1n) is 5.78. The molecule has 0 aliphatic heterocycles. The Bertz CT molecular complexity index is 680. The highest BCUT2D eigenvalue weighted by Crippen LogP contribution is 2.25. The number of carboxylic acids is 1. The van der Waals surface area contributed by atoms with Crippen molar-refractivity contribution in [1.82, 2.24) is 4.57 Å². The summed E-state index contributed by atoms with van der Waals surface area (Å²) in [5, 5.41) is 8.50. The second-order valence-corrected chi connectivity index (χ2v) is 4.22. The molecule has 0 radical (unpaired) electrons. The normalized spacial score (nSPS) is 11.3. The van der Waals surface area contributed by atoms with Crippen LogP contribution in [0.15, 0.2) is 53.5 Å². The van der Waals surface area contributed by atoms with Crippen LogP contribution in [0, 0.1) is 0 Å². The fourth-order valence-electron chi connectivity index (χ4n) is 1.80. The van der Waals surface area contributed by atoms with Gasteiger partial charge < -0.3 is 9.67 Å². The lowest BCUT2D eigenvalue weighted by molar-refractivity contribution is -0.166. The molecule has 0 unspecified atom stereocenters. The molecular formula is C14H11F2NO3. The number of carboxylic acid groups (broad SMARTS) is 1. The highest BCUT2D eigenvalue weighted by atomic mass is 19.3. The van der Waals surface area contributed by atoms with Crippen molar-refractivity contribution in [2.75, 3.05) is 0 Å². The monoisotopic (exact) mass is 279 g/mol. The first kappa shape index (κ1) is 13.9. The van der Waals surface area contributed by atoms with Crippen LogP contribution in [-0.4, -0.2) is 15.6 Å². The third-order valence-corrected chi connectivity index (χ3v) is 2.82. The van der Waals surface area contributed by atoms with E-state index in [4.69, 9.17) is 5.11 Å². The number of hydrogen-bond donors (Lipinski definition) is 1. The molecule has 0 fully saturated rings. The zero-order valence-corrected chi connectivity index (χ0v) is 10.3. The summed E-state index contributed by atoms with van der Waals surface area (Å²) in [4.78, 5) is 22.5. The number of pyridine rings is 1. The number of rotatable bonds is 4. The summed E-state index contributed by atoms with van der Waals surface area (Å²) in [5.74, 6) is -6.54. The fourth-order valence-corrected chi connectivity index (χ4v) is 1.80. The van der Waals surface area contributed by atoms with Gasteiger partial charge in [-0.1, -0.05) is 30.3 Å². The minimum Gasteiger partial charge on any atom is -0.477 e. The van der Waals surface area contributed by atoms with Crippen molar-refractivity contribution in [3.63, 3.8) is 0 Å². The molecule has 0 aliphatic rings. The predicted molar refractivity (Wildman–Crippen MR) is 67.8 cm³/mol. The van der Waals surface area contributed by atoms with Gasteiger partial charge >= 0.3 is 11.9 Å². The maximum absolute atomic E-state index is 13.4. The van der Waals surface area contributed by atoms with Gasteiger partial charge in [-0.25, -0.2) is 4.79 Å². The van der Waals surface area contributed by atoms with E-state index in [1.807, 2.05) is 0 Å². The van der Waals surface area contributed by atoms with Crippen LogP contribution in [-0.2, 0) is 17.3 Å². The third-order valence-electron chi connectivity index (χ3n) is 2.82. The fraction of sp³-hybridized carbons (Fsp3) is 0.143. The molecule has 1 N–H and O–H groups in total. The molecule has 2 aromatic rings. The second kappa shape index (κ2) is 5.24. The number of nitrogens with zero attached hydrogens (tertiary/aromatic N) is 1. The van der Waals surface area contributed by atoms with E-state index in [1.165, 1.54) is 12.3 Å². The molecule has 1 heterocycles. The van der Waals surface area contributed by atoms with Crippen LogP contribution in [0.2, 0.25) is 0 Å². The van der Waals surface area contributed by atoms with Crippen LogP contribution in [0.5, 0.6) is 0 Å². The first-order valence-corrected chi connectivity index (χ1v) is 5.78. The molecule has 0 amide bonds. The lowest BCUT2D eigenvalue weighted by Crippen LogP contribution is -2.35. The Labute approximate surface area is 112 Å². The van der Waals surface area contributed by atoms with Gasteiger partial charge in [0.05, 0.1) is 12.1 Å². The van der Waals surface area contributed by atoms with E-state index in [-0.39, 0.29) is 6.54 Å². The summed E-state index contributed by atoms with van der Waals surface area (Å²) in [6, 6.07) is 10.9.